The molecular formula is C14H22BrN3O2. The van der Waals surface area contributed by atoms with E-state index in [0.29, 0.717) is 5.92 Å². The number of nitrogens with one attached hydrogen (secondary N) is 1. The average molecular weight is 344 g/mol. The van der Waals surface area contributed by atoms with Gasteiger partial charge in [-0.1, -0.05) is 0 Å². The number of hydrogen-bond donors (Lipinski definition) is 2. The second kappa shape index (κ2) is 6.72. The summed E-state index contributed by atoms with van der Waals surface area (Å²) >= 11 is 3.56. The van der Waals surface area contributed by atoms with Crippen LogP contribution in [-0.2, 0) is 18.4 Å². The van der Waals surface area contributed by atoms with Crippen LogP contribution in [-0.4, -0.2) is 27.4 Å². The van der Waals surface area contributed by atoms with Crippen LogP contribution in [0.1, 0.15) is 37.1 Å². The molecule has 6 heteroatoms. The molecule has 1 aliphatic carbocycles. The lowest BCUT2D eigenvalue weighted by atomic mass is 9.82. The number of aromatic nitrogens is 2. The molecule has 2 N–H and O–H groups in total. The van der Waals surface area contributed by atoms with Crippen LogP contribution in [0.15, 0.2) is 4.47 Å². The molecular weight excluding hydrogens is 322 g/mol. The van der Waals surface area contributed by atoms with E-state index in [1.54, 1.807) is 0 Å². The predicted molar refractivity (Wildman–Crippen MR) is 80.4 cm³/mol. The Morgan fingerprint density at radius 3 is 2.60 bits per heavy atom. The SMILES string of the molecule is Cc1nn(C)c(CNCC2CCC(C(=O)O)CC2)c1Br. The minimum absolute atomic E-state index is 0.125. The van der Waals surface area contributed by atoms with E-state index in [1.807, 2.05) is 18.7 Å². The van der Waals surface area contributed by atoms with E-state index in [0.717, 1.165) is 54.6 Å². The largest absolute Gasteiger partial charge is 0.481 e. The number of carboxylic acid groups (broad SMARTS) is 1. The molecule has 1 saturated carbocycles. The summed E-state index contributed by atoms with van der Waals surface area (Å²) in [6.07, 6.45) is 3.65. The summed E-state index contributed by atoms with van der Waals surface area (Å²) in [4.78, 5) is 10.9. The van der Waals surface area contributed by atoms with Crippen molar-refractivity contribution in [1.82, 2.24) is 15.1 Å². The highest BCUT2D eigenvalue weighted by Gasteiger charge is 2.25. The number of carboxylic acids is 1. The smallest absolute Gasteiger partial charge is 0.306 e. The molecule has 0 aromatic carbocycles. The van der Waals surface area contributed by atoms with E-state index in [4.69, 9.17) is 5.11 Å². The number of rotatable bonds is 5. The predicted octanol–water partition coefficient (Wildman–Crippen LogP) is 2.47. The maximum atomic E-state index is 10.9. The van der Waals surface area contributed by atoms with Gasteiger partial charge < -0.3 is 10.4 Å². The topological polar surface area (TPSA) is 67.2 Å². The van der Waals surface area contributed by atoms with E-state index in [9.17, 15) is 4.79 Å². The molecule has 1 fully saturated rings. The molecule has 0 amide bonds. The number of aliphatic carboxylic acids is 1. The number of carbonyl (C=O) groups is 1. The van der Waals surface area contributed by atoms with Gasteiger partial charge in [-0.05, 0) is 61.0 Å². The molecule has 0 spiro atoms. The molecule has 20 heavy (non-hydrogen) atoms. The van der Waals surface area contributed by atoms with Crippen molar-refractivity contribution in [2.24, 2.45) is 18.9 Å². The van der Waals surface area contributed by atoms with Crippen molar-refractivity contribution >= 4 is 21.9 Å². The maximum absolute atomic E-state index is 10.9. The maximum Gasteiger partial charge on any atom is 0.306 e. The third kappa shape index (κ3) is 3.61. The van der Waals surface area contributed by atoms with Crippen LogP contribution in [0.4, 0.5) is 0 Å². The lowest BCUT2D eigenvalue weighted by Crippen LogP contribution is -2.29. The van der Waals surface area contributed by atoms with Gasteiger partial charge in [0.25, 0.3) is 0 Å². The first-order valence-electron chi connectivity index (χ1n) is 7.10. The van der Waals surface area contributed by atoms with Crippen LogP contribution in [0.5, 0.6) is 0 Å². The van der Waals surface area contributed by atoms with E-state index in [-0.39, 0.29) is 5.92 Å². The molecule has 1 aromatic heterocycles. The van der Waals surface area contributed by atoms with Crippen molar-refractivity contribution in [1.29, 1.82) is 0 Å². The van der Waals surface area contributed by atoms with E-state index in [1.165, 1.54) is 0 Å². The van der Waals surface area contributed by atoms with Crippen molar-refractivity contribution in [3.63, 3.8) is 0 Å². The summed E-state index contributed by atoms with van der Waals surface area (Å²) in [5.74, 6) is -0.162. The van der Waals surface area contributed by atoms with Gasteiger partial charge in [-0.15, -0.1) is 0 Å². The molecule has 112 valence electrons. The van der Waals surface area contributed by atoms with Crippen LogP contribution in [0.3, 0.4) is 0 Å². The van der Waals surface area contributed by atoms with Crippen molar-refractivity contribution in [3.8, 4) is 0 Å². The zero-order valence-electron chi connectivity index (χ0n) is 12.0. The van der Waals surface area contributed by atoms with E-state index < -0.39 is 5.97 Å². The monoisotopic (exact) mass is 343 g/mol. The van der Waals surface area contributed by atoms with Crippen LogP contribution in [0.25, 0.3) is 0 Å². The lowest BCUT2D eigenvalue weighted by molar-refractivity contribution is -0.143. The van der Waals surface area contributed by atoms with Crippen molar-refractivity contribution in [2.75, 3.05) is 6.54 Å². The highest BCUT2D eigenvalue weighted by molar-refractivity contribution is 9.10. The minimum atomic E-state index is -0.634. The molecule has 0 radical (unpaired) electrons. The number of aryl methyl sites for hydroxylation is 2. The Kier molecular flexibility index (Phi) is 5.21. The van der Waals surface area contributed by atoms with Crippen LogP contribution >= 0.6 is 15.9 Å². The van der Waals surface area contributed by atoms with Crippen LogP contribution in [0.2, 0.25) is 0 Å². The quantitative estimate of drug-likeness (QED) is 0.861. The fraction of sp³-hybridized carbons (Fsp3) is 0.714. The van der Waals surface area contributed by atoms with E-state index in [2.05, 4.69) is 26.3 Å². The second-order valence-corrected chi connectivity index (χ2v) is 6.45. The summed E-state index contributed by atoms with van der Waals surface area (Å²) in [5, 5.41) is 16.8. The van der Waals surface area contributed by atoms with Gasteiger partial charge in [0.05, 0.1) is 21.8 Å². The summed E-state index contributed by atoms with van der Waals surface area (Å²) in [6.45, 7) is 3.72. The van der Waals surface area contributed by atoms with Gasteiger partial charge in [-0.2, -0.15) is 5.10 Å². The molecule has 1 aliphatic rings. The van der Waals surface area contributed by atoms with Gasteiger partial charge in [-0.3, -0.25) is 9.48 Å². The highest BCUT2D eigenvalue weighted by Crippen LogP contribution is 2.28. The third-order valence-corrected chi connectivity index (χ3v) is 5.21. The van der Waals surface area contributed by atoms with Crippen LogP contribution < -0.4 is 5.32 Å². The molecule has 1 heterocycles. The molecule has 0 bridgehead atoms. The number of halogens is 1. The van der Waals surface area contributed by atoms with Gasteiger partial charge in [0.15, 0.2) is 0 Å². The van der Waals surface area contributed by atoms with E-state index >= 15 is 0 Å². The van der Waals surface area contributed by atoms with Gasteiger partial charge >= 0.3 is 5.97 Å². The second-order valence-electron chi connectivity index (χ2n) is 5.66. The Labute approximate surface area is 127 Å². The Bertz CT molecular complexity index is 479. The summed E-state index contributed by atoms with van der Waals surface area (Å²) in [5.41, 5.74) is 2.16. The van der Waals surface area contributed by atoms with Gasteiger partial charge in [-0.25, -0.2) is 0 Å². The Balaban J connectivity index is 1.76. The van der Waals surface area contributed by atoms with Crippen molar-refractivity contribution in [3.05, 3.63) is 15.9 Å². The Hall–Kier alpha value is -0.880. The fourth-order valence-electron chi connectivity index (χ4n) is 2.88. The standard InChI is InChI=1S/C14H22BrN3O2/c1-9-13(15)12(18(2)17-9)8-16-7-10-3-5-11(6-4-10)14(19)20/h10-11,16H,3-8H2,1-2H3,(H,19,20). The van der Waals surface area contributed by atoms with Gasteiger partial charge in [0.1, 0.15) is 0 Å². The van der Waals surface area contributed by atoms with Gasteiger partial charge in [0, 0.05) is 13.6 Å². The molecule has 0 atom stereocenters. The lowest BCUT2D eigenvalue weighted by Gasteiger charge is -2.26. The Morgan fingerprint density at radius 2 is 2.10 bits per heavy atom. The van der Waals surface area contributed by atoms with Crippen LogP contribution in [0, 0.1) is 18.8 Å². The summed E-state index contributed by atoms with van der Waals surface area (Å²) < 4.78 is 2.97. The fourth-order valence-corrected chi connectivity index (χ4v) is 3.36. The first kappa shape index (κ1) is 15.5. The molecule has 0 unspecified atom stereocenters. The molecule has 5 nitrogen and oxygen atoms in total. The number of hydrogen-bond acceptors (Lipinski definition) is 3. The Morgan fingerprint density at radius 1 is 1.45 bits per heavy atom. The zero-order valence-corrected chi connectivity index (χ0v) is 13.6. The van der Waals surface area contributed by atoms with Gasteiger partial charge in [0.2, 0.25) is 0 Å². The zero-order chi connectivity index (χ0) is 14.7. The molecule has 2 rings (SSSR count). The summed E-state index contributed by atoms with van der Waals surface area (Å²) in [7, 11) is 1.95. The van der Waals surface area contributed by atoms with Crippen molar-refractivity contribution in [2.45, 2.75) is 39.2 Å². The third-order valence-electron chi connectivity index (χ3n) is 4.18. The normalized spacial score (nSPS) is 22.9. The highest BCUT2D eigenvalue weighted by atomic mass is 79.9. The first-order chi connectivity index (χ1) is 9.49. The first-order valence-corrected chi connectivity index (χ1v) is 7.89. The molecule has 1 aromatic rings. The molecule has 0 saturated heterocycles. The summed E-state index contributed by atoms with van der Waals surface area (Å²) in [6, 6.07) is 0. The molecule has 0 aliphatic heterocycles. The minimum Gasteiger partial charge on any atom is -0.481 e. The van der Waals surface area contributed by atoms with Crippen molar-refractivity contribution < 1.29 is 9.90 Å². The average Bonchev–Trinajstić information content (AvgIpc) is 2.65. The number of nitrogens with zero attached hydrogens (tertiary/aromatic N) is 2.